The van der Waals surface area contributed by atoms with Gasteiger partial charge in [0.15, 0.2) is 0 Å². The minimum atomic E-state index is -0.862. The minimum Gasteiger partial charge on any atom is -0.457 e. The van der Waals surface area contributed by atoms with Crippen LogP contribution in [0.5, 0.6) is 11.5 Å². The van der Waals surface area contributed by atoms with Gasteiger partial charge in [0.2, 0.25) is 0 Å². The lowest BCUT2D eigenvalue weighted by Gasteiger charge is -2.17. The van der Waals surface area contributed by atoms with Crippen LogP contribution >= 0.6 is 0 Å². The Kier molecular flexibility index (Phi) is 6.54. The van der Waals surface area contributed by atoms with E-state index in [2.05, 4.69) is 81.0 Å². The van der Waals surface area contributed by atoms with Crippen LogP contribution in [0.15, 0.2) is 140 Å². The molecular weight excluding hydrogens is 615 g/mol. The van der Waals surface area contributed by atoms with E-state index in [-0.39, 0.29) is 0 Å². The van der Waals surface area contributed by atoms with Crippen molar-refractivity contribution in [1.82, 2.24) is 23.9 Å². The van der Waals surface area contributed by atoms with Crippen LogP contribution in [0, 0.1) is 0 Å². The predicted molar refractivity (Wildman–Crippen MR) is 205 cm³/mol. The van der Waals surface area contributed by atoms with Gasteiger partial charge >= 0.3 is 0 Å². The summed E-state index contributed by atoms with van der Waals surface area (Å²) in [6.45, 7) is 7.73. The highest BCUT2D eigenvalue weighted by Crippen LogP contribution is 2.41. The number of ether oxygens (including phenoxy) is 1. The summed E-state index contributed by atoms with van der Waals surface area (Å²) < 4.78 is 31.1. The van der Waals surface area contributed by atoms with E-state index in [0.29, 0.717) is 11.5 Å². The number of hydrogen-bond donors (Lipinski definition) is 0. The number of nitrogens with zero attached hydrogens (tertiary/aromatic N) is 5. The summed E-state index contributed by atoms with van der Waals surface area (Å²) >= 11 is 0. The molecule has 0 saturated carbocycles. The van der Waals surface area contributed by atoms with E-state index in [4.69, 9.17) is 12.5 Å². The molecule has 0 aliphatic carbocycles. The fraction of sp³-hybridized carbons (Fsp3) is 0.136. The minimum absolute atomic E-state index is 0.706. The highest BCUT2D eigenvalue weighted by molar-refractivity contribution is 6.12. The van der Waals surface area contributed by atoms with E-state index in [1.165, 1.54) is 0 Å². The van der Waals surface area contributed by atoms with E-state index in [1.54, 1.807) is 6.20 Å². The first-order valence-corrected chi connectivity index (χ1v) is 16.9. The lowest BCUT2D eigenvalue weighted by molar-refractivity contribution is 0.483. The van der Waals surface area contributed by atoms with Crippen molar-refractivity contribution in [1.29, 1.82) is 0 Å². The molecule has 9 rings (SSSR count). The first kappa shape index (κ1) is 27.8. The smallest absolute Gasteiger partial charge is 0.139 e. The third-order valence-corrected chi connectivity index (χ3v) is 9.57. The van der Waals surface area contributed by atoms with Gasteiger partial charge in [-0.1, -0.05) is 88.4 Å². The molecule has 0 aliphatic rings. The Morgan fingerprint density at radius 2 is 1.24 bits per heavy atom. The van der Waals surface area contributed by atoms with Crippen LogP contribution in [-0.2, 0) is 0 Å². The van der Waals surface area contributed by atoms with Crippen molar-refractivity contribution < 1.29 is 7.48 Å². The summed E-state index contributed by atoms with van der Waals surface area (Å²) in [7, 11) is 0. The predicted octanol–water partition coefficient (Wildman–Crippen LogP) is 11.5. The molecule has 0 radical (unpaired) electrons. The van der Waals surface area contributed by atoms with Crippen LogP contribution in [-0.4, -0.2) is 23.9 Å². The molecule has 0 unspecified atom stereocenters. The maximum Gasteiger partial charge on any atom is 0.139 e. The highest BCUT2D eigenvalue weighted by Gasteiger charge is 2.21. The fourth-order valence-electron chi connectivity index (χ4n) is 7.36. The van der Waals surface area contributed by atoms with Gasteiger partial charge in [-0.05, 0) is 65.4 Å². The molecule has 0 saturated heterocycles. The Bertz CT molecular complexity index is 2730. The number of fused-ring (bicyclic) bond motifs is 6. The molecule has 9 aromatic rings. The number of hydrogen-bond acceptors (Lipinski definition) is 3. The Morgan fingerprint density at radius 1 is 0.560 bits per heavy atom. The average molecular weight is 654 g/mol. The number of benzene rings is 5. The molecule has 4 aromatic heterocycles. The van der Waals surface area contributed by atoms with Gasteiger partial charge in [-0.15, -0.1) is 0 Å². The topological polar surface area (TPSA) is 49.8 Å². The Balaban J connectivity index is 1.26. The van der Waals surface area contributed by atoms with Crippen molar-refractivity contribution in [3.8, 4) is 28.7 Å². The lowest BCUT2D eigenvalue weighted by Crippen LogP contribution is -2.04. The second-order valence-electron chi connectivity index (χ2n) is 13.2. The molecule has 0 spiro atoms. The van der Waals surface area contributed by atoms with Crippen LogP contribution in [0.25, 0.3) is 60.8 Å². The standard InChI is InChI=1S/C44H37N5O/c1-28(2)34-14-8-16-38-39-17-9-15-35(29(3)4)44(39)48(43(34)38)31-21-23-45-42(26-31)49-40-18-6-5-13-36(40)37-20-19-33(27-41(37)49)50-32-12-7-11-30(25-32)47-24-10-22-46-47/h5-29H,1-4H3/i28D,29D. The molecule has 0 amide bonds. The zero-order valence-corrected chi connectivity index (χ0v) is 28.4. The third-order valence-electron chi connectivity index (χ3n) is 9.57. The highest BCUT2D eigenvalue weighted by atomic mass is 16.5. The normalized spacial score (nSPS) is 13.0. The largest absolute Gasteiger partial charge is 0.457 e. The zero-order chi connectivity index (χ0) is 35.8. The van der Waals surface area contributed by atoms with E-state index >= 15 is 0 Å². The first-order valence-electron chi connectivity index (χ1n) is 17.9. The van der Waals surface area contributed by atoms with Gasteiger partial charge in [-0.3, -0.25) is 4.57 Å². The zero-order valence-electron chi connectivity index (χ0n) is 30.4. The summed E-state index contributed by atoms with van der Waals surface area (Å²) in [5, 5.41) is 8.70. The van der Waals surface area contributed by atoms with Crippen LogP contribution < -0.4 is 4.74 Å². The molecule has 244 valence electrons. The number of para-hydroxylation sites is 3. The molecule has 50 heavy (non-hydrogen) atoms. The molecule has 0 aliphatic heterocycles. The van der Waals surface area contributed by atoms with Crippen molar-refractivity contribution in [2.75, 3.05) is 0 Å². The van der Waals surface area contributed by atoms with E-state index in [9.17, 15) is 0 Å². The number of rotatable bonds is 7. The Labute approximate surface area is 293 Å². The molecule has 6 heteroatoms. The van der Waals surface area contributed by atoms with E-state index in [0.717, 1.165) is 71.9 Å². The second-order valence-corrected chi connectivity index (χ2v) is 13.2. The molecule has 0 fully saturated rings. The van der Waals surface area contributed by atoms with Crippen LogP contribution in [0.3, 0.4) is 0 Å². The van der Waals surface area contributed by atoms with Crippen LogP contribution in [0.2, 0.25) is 0 Å². The molecule has 0 atom stereocenters. The molecule has 5 aromatic carbocycles. The lowest BCUT2D eigenvalue weighted by atomic mass is 9.98. The van der Waals surface area contributed by atoms with Gasteiger partial charge in [0.25, 0.3) is 0 Å². The van der Waals surface area contributed by atoms with Gasteiger partial charge in [0.05, 0.1) is 33.4 Å². The first-order chi connectivity index (χ1) is 25.1. The average Bonchev–Trinajstić information content (AvgIpc) is 3.86. The SMILES string of the molecule is [2H]C(C)(C)c1cccc2c3cccc(C([2H])(C)C)c3n(-c3ccnc(-n4c5ccccc5c5ccc(Oc6cccc(-n7cccn7)c6)cc54)c3)c12. The van der Waals surface area contributed by atoms with Crippen molar-refractivity contribution in [2.45, 2.75) is 39.5 Å². The second kappa shape index (κ2) is 11.8. The maximum atomic E-state index is 9.17. The third kappa shape index (κ3) is 4.78. The van der Waals surface area contributed by atoms with Crippen molar-refractivity contribution >= 4 is 43.6 Å². The Hall–Kier alpha value is -6.14. The van der Waals surface area contributed by atoms with Gasteiger partial charge in [-0.25, -0.2) is 9.67 Å². The molecule has 0 bridgehead atoms. The molecule has 4 heterocycles. The molecular formula is C44H37N5O. The summed E-state index contributed by atoms with van der Waals surface area (Å²) in [5.74, 6) is 0.445. The van der Waals surface area contributed by atoms with Crippen LogP contribution in [0.4, 0.5) is 0 Å². The van der Waals surface area contributed by atoms with Gasteiger partial charge in [0, 0.05) is 61.1 Å². The van der Waals surface area contributed by atoms with Crippen molar-refractivity contribution in [3.05, 3.63) is 151 Å². The molecule has 0 N–H and O–H groups in total. The van der Waals surface area contributed by atoms with Crippen molar-refractivity contribution in [3.63, 3.8) is 0 Å². The summed E-state index contributed by atoms with van der Waals surface area (Å²) in [5.41, 5.74) is 7.61. The number of aromatic nitrogens is 5. The monoisotopic (exact) mass is 653 g/mol. The van der Waals surface area contributed by atoms with E-state index in [1.807, 2.05) is 99.4 Å². The maximum absolute atomic E-state index is 9.17. The summed E-state index contributed by atoms with van der Waals surface area (Å²) in [6, 6.07) is 41.0. The summed E-state index contributed by atoms with van der Waals surface area (Å²) in [6.07, 6.45) is 5.52. The van der Waals surface area contributed by atoms with Gasteiger partial charge in [0.1, 0.15) is 17.3 Å². The molecule has 6 nitrogen and oxygen atoms in total. The van der Waals surface area contributed by atoms with Crippen molar-refractivity contribution in [2.24, 2.45) is 0 Å². The van der Waals surface area contributed by atoms with E-state index < -0.39 is 11.8 Å². The number of pyridine rings is 1. The van der Waals surface area contributed by atoms with Gasteiger partial charge in [-0.2, -0.15) is 5.10 Å². The fourth-order valence-corrected chi connectivity index (χ4v) is 7.36. The van der Waals surface area contributed by atoms with Gasteiger partial charge < -0.3 is 9.30 Å². The summed E-state index contributed by atoms with van der Waals surface area (Å²) in [4.78, 5) is 4.97. The van der Waals surface area contributed by atoms with Crippen LogP contribution in [0.1, 0.15) is 53.4 Å². The quantitative estimate of drug-likeness (QED) is 0.172. The Morgan fingerprint density at radius 3 is 1.96 bits per heavy atom.